The van der Waals surface area contributed by atoms with Gasteiger partial charge in [-0.05, 0) is 42.8 Å². The van der Waals surface area contributed by atoms with Gasteiger partial charge in [0.15, 0.2) is 0 Å². The molecule has 8 nitrogen and oxygen atoms in total. The number of aromatic amines is 1. The molecule has 0 spiro atoms. The molecular formula is C22H24N4O4. The summed E-state index contributed by atoms with van der Waals surface area (Å²) in [4.78, 5) is 30.5. The molecule has 0 atom stereocenters. The average Bonchev–Trinajstić information content (AvgIpc) is 3.30. The molecule has 1 saturated heterocycles. The Hall–Kier alpha value is -3.65. The fourth-order valence-electron chi connectivity index (χ4n) is 3.34. The Morgan fingerprint density at radius 2 is 2.00 bits per heavy atom. The van der Waals surface area contributed by atoms with E-state index in [9.17, 15) is 4.79 Å². The number of amides is 1. The molecule has 1 amide bonds. The van der Waals surface area contributed by atoms with Crippen LogP contribution >= 0.6 is 0 Å². The van der Waals surface area contributed by atoms with E-state index in [1.54, 1.807) is 12.5 Å². The van der Waals surface area contributed by atoms with Gasteiger partial charge in [0.1, 0.15) is 0 Å². The van der Waals surface area contributed by atoms with E-state index in [2.05, 4.69) is 20.2 Å². The van der Waals surface area contributed by atoms with Crippen LogP contribution in [-0.4, -0.2) is 53.8 Å². The minimum absolute atomic E-state index is 0.117. The van der Waals surface area contributed by atoms with Crippen molar-refractivity contribution in [2.75, 3.05) is 36.5 Å². The van der Waals surface area contributed by atoms with Crippen LogP contribution in [0.3, 0.4) is 0 Å². The molecule has 1 fully saturated rings. The Bertz CT molecular complexity index is 983. The predicted molar refractivity (Wildman–Crippen MR) is 115 cm³/mol. The first-order valence-electron chi connectivity index (χ1n) is 9.53. The van der Waals surface area contributed by atoms with Crippen LogP contribution in [0.2, 0.25) is 0 Å². The van der Waals surface area contributed by atoms with Crippen LogP contribution < -0.4 is 10.2 Å². The predicted octanol–water partition coefficient (Wildman–Crippen LogP) is 3.17. The van der Waals surface area contributed by atoms with Crippen LogP contribution in [0.25, 0.3) is 11.3 Å². The van der Waals surface area contributed by atoms with Gasteiger partial charge < -0.3 is 25.0 Å². The van der Waals surface area contributed by atoms with Crippen molar-refractivity contribution in [1.82, 2.24) is 9.97 Å². The zero-order chi connectivity index (χ0) is 21.3. The van der Waals surface area contributed by atoms with Crippen LogP contribution in [0.1, 0.15) is 15.9 Å². The number of morpholine rings is 1. The lowest BCUT2D eigenvalue weighted by Crippen LogP contribution is -2.36. The van der Waals surface area contributed by atoms with E-state index in [0.29, 0.717) is 5.56 Å². The van der Waals surface area contributed by atoms with Gasteiger partial charge in [0, 0.05) is 35.6 Å². The molecule has 156 valence electrons. The molecule has 3 N–H and O–H groups in total. The topological polar surface area (TPSA) is 108 Å². The van der Waals surface area contributed by atoms with Gasteiger partial charge in [-0.15, -0.1) is 0 Å². The van der Waals surface area contributed by atoms with Gasteiger partial charge in [-0.1, -0.05) is 12.1 Å². The second-order valence-electron chi connectivity index (χ2n) is 6.71. The number of aromatic nitrogens is 2. The Kier molecular flexibility index (Phi) is 7.18. The van der Waals surface area contributed by atoms with Crippen molar-refractivity contribution in [3.05, 3.63) is 66.1 Å². The molecule has 8 heteroatoms. The lowest BCUT2D eigenvalue weighted by molar-refractivity contribution is -0.122. The van der Waals surface area contributed by atoms with Crippen molar-refractivity contribution in [2.45, 2.75) is 6.92 Å². The molecule has 1 aromatic heterocycles. The lowest BCUT2D eigenvalue weighted by atomic mass is 10.1. The first-order valence-corrected chi connectivity index (χ1v) is 9.53. The van der Waals surface area contributed by atoms with Crippen LogP contribution in [-0.2, 0) is 9.53 Å². The molecule has 0 aliphatic carbocycles. The minimum atomic E-state index is -0.250. The molecule has 1 aliphatic heterocycles. The molecule has 4 rings (SSSR count). The summed E-state index contributed by atoms with van der Waals surface area (Å²) in [5.74, 6) is -0.117. The number of nitrogens with one attached hydrogen (secondary N) is 2. The van der Waals surface area contributed by atoms with Crippen molar-refractivity contribution < 1.29 is 19.4 Å². The third kappa shape index (κ3) is 5.24. The third-order valence-corrected chi connectivity index (χ3v) is 4.74. The number of aryl methyl sites for hydroxylation is 1. The van der Waals surface area contributed by atoms with Crippen LogP contribution in [0.4, 0.5) is 11.4 Å². The number of hydrogen-bond donors (Lipinski definition) is 3. The normalized spacial score (nSPS) is 13.2. The van der Waals surface area contributed by atoms with Gasteiger partial charge >= 0.3 is 0 Å². The molecule has 2 heterocycles. The molecule has 2 aromatic carbocycles. The molecule has 3 aromatic rings. The van der Waals surface area contributed by atoms with E-state index in [-0.39, 0.29) is 12.4 Å². The summed E-state index contributed by atoms with van der Waals surface area (Å²) in [6.07, 6.45) is 3.40. The number of ether oxygens (including phenoxy) is 1. The number of hydrogen-bond acceptors (Lipinski definition) is 5. The largest absolute Gasteiger partial charge is 0.483 e. The zero-order valence-electron chi connectivity index (χ0n) is 16.7. The number of carbonyl (C=O) groups excluding carboxylic acids is 1. The highest BCUT2D eigenvalue weighted by Gasteiger charge is 2.15. The number of carboxylic acid groups (broad SMARTS) is 1. The number of H-pyrrole nitrogens is 1. The summed E-state index contributed by atoms with van der Waals surface area (Å²) in [6.45, 7) is 5.04. The molecule has 0 bridgehead atoms. The molecule has 30 heavy (non-hydrogen) atoms. The van der Waals surface area contributed by atoms with Crippen molar-refractivity contribution in [2.24, 2.45) is 0 Å². The first kappa shape index (κ1) is 21.1. The van der Waals surface area contributed by atoms with E-state index in [0.717, 1.165) is 54.5 Å². The summed E-state index contributed by atoms with van der Waals surface area (Å²) < 4.78 is 5.41. The SMILES string of the molecule is Cc1cc(C(=O)Nc2cccc(-c3cnc[nH]3)c2)ccc1N1CCOCC1.O=CO. The molecule has 1 aliphatic rings. The van der Waals surface area contributed by atoms with Gasteiger partial charge in [-0.2, -0.15) is 0 Å². The highest BCUT2D eigenvalue weighted by atomic mass is 16.5. The zero-order valence-corrected chi connectivity index (χ0v) is 16.7. The molecule has 0 radical (unpaired) electrons. The fourth-order valence-corrected chi connectivity index (χ4v) is 3.34. The highest BCUT2D eigenvalue weighted by Crippen LogP contribution is 2.24. The van der Waals surface area contributed by atoms with Crippen molar-refractivity contribution >= 4 is 23.8 Å². The fraction of sp³-hybridized carbons (Fsp3) is 0.227. The van der Waals surface area contributed by atoms with Gasteiger partial charge in [-0.25, -0.2) is 4.98 Å². The number of benzene rings is 2. The standard InChI is InChI=1S/C21H22N4O2.CH2O2/c1-15-11-17(5-6-20(15)25-7-9-27-10-8-25)21(26)24-18-4-2-3-16(12-18)19-13-22-14-23-19;2-1-3/h2-6,11-14H,7-10H2,1H3,(H,22,23)(H,24,26);1H,(H,2,3). The van der Waals surface area contributed by atoms with Gasteiger partial charge in [-0.3, -0.25) is 9.59 Å². The average molecular weight is 408 g/mol. The number of carbonyl (C=O) groups is 2. The maximum Gasteiger partial charge on any atom is 0.290 e. The Balaban J connectivity index is 0.000000806. The van der Waals surface area contributed by atoms with Crippen molar-refractivity contribution in [1.29, 1.82) is 0 Å². The Morgan fingerprint density at radius 3 is 2.67 bits per heavy atom. The monoisotopic (exact) mass is 408 g/mol. The van der Waals surface area contributed by atoms with Crippen LogP contribution in [0.15, 0.2) is 55.0 Å². The maximum atomic E-state index is 12.7. The summed E-state index contributed by atoms with van der Waals surface area (Å²) in [5, 5.41) is 9.87. The number of anilines is 2. The van der Waals surface area contributed by atoms with Gasteiger partial charge in [0.2, 0.25) is 0 Å². The van der Waals surface area contributed by atoms with E-state index < -0.39 is 0 Å². The number of rotatable bonds is 4. The smallest absolute Gasteiger partial charge is 0.290 e. The molecular weight excluding hydrogens is 384 g/mol. The summed E-state index contributed by atoms with van der Waals surface area (Å²) >= 11 is 0. The number of imidazole rings is 1. The maximum absolute atomic E-state index is 12.7. The first-order chi connectivity index (χ1) is 14.6. The highest BCUT2D eigenvalue weighted by molar-refractivity contribution is 6.04. The second kappa shape index (κ2) is 10.2. The van der Waals surface area contributed by atoms with E-state index in [1.165, 1.54) is 0 Å². The molecule has 0 saturated carbocycles. The number of nitrogens with zero attached hydrogens (tertiary/aromatic N) is 2. The molecule has 0 unspecified atom stereocenters. The quantitative estimate of drug-likeness (QED) is 0.573. The van der Waals surface area contributed by atoms with E-state index in [4.69, 9.17) is 14.6 Å². The summed E-state index contributed by atoms with van der Waals surface area (Å²) in [5.41, 5.74) is 5.55. The van der Waals surface area contributed by atoms with Crippen LogP contribution in [0, 0.1) is 6.92 Å². The Labute approximate surface area is 174 Å². The van der Waals surface area contributed by atoms with Gasteiger partial charge in [0.25, 0.3) is 12.4 Å². The Morgan fingerprint density at radius 1 is 1.23 bits per heavy atom. The van der Waals surface area contributed by atoms with E-state index in [1.807, 2.05) is 49.4 Å². The summed E-state index contributed by atoms with van der Waals surface area (Å²) in [7, 11) is 0. The van der Waals surface area contributed by atoms with Crippen LogP contribution in [0.5, 0.6) is 0 Å². The van der Waals surface area contributed by atoms with Gasteiger partial charge in [0.05, 0.1) is 31.4 Å². The lowest BCUT2D eigenvalue weighted by Gasteiger charge is -2.30. The van der Waals surface area contributed by atoms with Crippen molar-refractivity contribution in [3.8, 4) is 11.3 Å². The third-order valence-electron chi connectivity index (χ3n) is 4.74. The minimum Gasteiger partial charge on any atom is -0.483 e. The van der Waals surface area contributed by atoms with E-state index >= 15 is 0 Å². The summed E-state index contributed by atoms with van der Waals surface area (Å²) in [6, 6.07) is 13.6. The second-order valence-corrected chi connectivity index (χ2v) is 6.71. The van der Waals surface area contributed by atoms with Crippen molar-refractivity contribution in [3.63, 3.8) is 0 Å².